The lowest BCUT2D eigenvalue weighted by Gasteiger charge is -2.16. The first kappa shape index (κ1) is 15.2. The fraction of sp³-hybridized carbons (Fsp3) is 0.615. The van der Waals surface area contributed by atoms with Crippen molar-refractivity contribution in [2.24, 2.45) is 11.1 Å². The van der Waals surface area contributed by atoms with Gasteiger partial charge in [-0.05, 0) is 43.4 Å². The zero-order valence-electron chi connectivity index (χ0n) is 12.0. The Morgan fingerprint density at radius 2 is 2.10 bits per heavy atom. The molecule has 112 valence electrons. The zero-order valence-corrected chi connectivity index (χ0v) is 12.8. The summed E-state index contributed by atoms with van der Waals surface area (Å²) in [4.78, 5) is 4.37. The maximum atomic E-state index is 11.9. The maximum absolute atomic E-state index is 11.9. The van der Waals surface area contributed by atoms with E-state index in [-0.39, 0.29) is 4.90 Å². The number of nitrogens with one attached hydrogen (secondary N) is 1. The summed E-state index contributed by atoms with van der Waals surface area (Å²) in [5.41, 5.74) is 5.93. The summed E-state index contributed by atoms with van der Waals surface area (Å²) in [7, 11) is -0.396. The summed E-state index contributed by atoms with van der Waals surface area (Å²) >= 11 is 0. The van der Waals surface area contributed by atoms with Crippen LogP contribution in [0.25, 0.3) is 0 Å². The Labute approximate surface area is 120 Å². The maximum Gasteiger partial charge on any atom is 0.244 e. The predicted octanol–water partition coefficient (Wildman–Crippen LogP) is 0.873. The predicted molar refractivity (Wildman–Crippen MR) is 78.9 cm³/mol. The van der Waals surface area contributed by atoms with E-state index in [1.807, 2.05) is 0 Å². The molecular formula is C13H22N4O2S. The molecule has 1 aromatic heterocycles. The highest BCUT2D eigenvalue weighted by molar-refractivity contribution is 7.89. The molecule has 3 N–H and O–H groups in total. The van der Waals surface area contributed by atoms with Crippen molar-refractivity contribution >= 4 is 15.8 Å². The van der Waals surface area contributed by atoms with Crippen LogP contribution in [0.5, 0.6) is 0 Å². The van der Waals surface area contributed by atoms with Crippen LogP contribution in [0.1, 0.15) is 19.3 Å². The number of anilines is 1. The Morgan fingerprint density at radius 1 is 1.40 bits per heavy atom. The second kappa shape index (κ2) is 5.67. The van der Waals surface area contributed by atoms with Gasteiger partial charge in [0.15, 0.2) is 0 Å². The highest BCUT2D eigenvalue weighted by Crippen LogP contribution is 2.48. The number of hydrogen-bond donors (Lipinski definition) is 2. The molecule has 0 bridgehead atoms. The molecule has 0 aliphatic heterocycles. The van der Waals surface area contributed by atoms with E-state index in [1.165, 1.54) is 37.4 Å². The van der Waals surface area contributed by atoms with Crippen LogP contribution in [0.2, 0.25) is 0 Å². The van der Waals surface area contributed by atoms with E-state index in [0.717, 1.165) is 13.0 Å². The van der Waals surface area contributed by atoms with E-state index in [1.54, 1.807) is 12.1 Å². The molecule has 1 saturated carbocycles. The molecule has 6 nitrogen and oxygen atoms in total. The first-order valence-corrected chi connectivity index (χ1v) is 8.16. The van der Waals surface area contributed by atoms with Crippen LogP contribution >= 0.6 is 0 Å². The van der Waals surface area contributed by atoms with Gasteiger partial charge in [0.1, 0.15) is 10.7 Å². The minimum Gasteiger partial charge on any atom is -0.370 e. The summed E-state index contributed by atoms with van der Waals surface area (Å²) in [5.74, 6) is 0.700. The normalized spacial score (nSPS) is 17.2. The van der Waals surface area contributed by atoms with E-state index in [4.69, 9.17) is 5.73 Å². The monoisotopic (exact) mass is 298 g/mol. The molecule has 7 heteroatoms. The first-order chi connectivity index (χ1) is 9.39. The zero-order chi connectivity index (χ0) is 14.8. The lowest BCUT2D eigenvalue weighted by molar-refractivity contribution is 0.500. The van der Waals surface area contributed by atoms with Crippen LogP contribution in [-0.2, 0) is 10.0 Å². The van der Waals surface area contributed by atoms with Gasteiger partial charge in [0.05, 0.1) is 0 Å². The first-order valence-electron chi connectivity index (χ1n) is 6.72. The Kier molecular flexibility index (Phi) is 4.31. The highest BCUT2D eigenvalue weighted by atomic mass is 32.2. The largest absolute Gasteiger partial charge is 0.370 e. The molecule has 0 spiro atoms. The van der Waals surface area contributed by atoms with Crippen molar-refractivity contribution in [2.45, 2.75) is 24.2 Å². The van der Waals surface area contributed by atoms with Crippen molar-refractivity contribution in [1.29, 1.82) is 0 Å². The Morgan fingerprint density at radius 3 is 2.55 bits per heavy atom. The molecule has 0 unspecified atom stereocenters. The van der Waals surface area contributed by atoms with Crippen LogP contribution in [0.15, 0.2) is 23.2 Å². The summed E-state index contributed by atoms with van der Waals surface area (Å²) in [6.07, 6.45) is 4.81. The SMILES string of the molecule is CN(C)S(=O)(=O)c1ccc(NCC2(CCN)CC2)nc1. The van der Waals surface area contributed by atoms with Crippen molar-refractivity contribution in [3.8, 4) is 0 Å². The van der Waals surface area contributed by atoms with Gasteiger partial charge in [0, 0.05) is 26.8 Å². The third-order valence-corrected chi connectivity index (χ3v) is 5.59. The van der Waals surface area contributed by atoms with Gasteiger partial charge in [-0.3, -0.25) is 0 Å². The lowest BCUT2D eigenvalue weighted by Crippen LogP contribution is -2.22. The molecule has 1 aliphatic rings. The van der Waals surface area contributed by atoms with Gasteiger partial charge in [0.25, 0.3) is 0 Å². The van der Waals surface area contributed by atoms with Gasteiger partial charge in [-0.25, -0.2) is 17.7 Å². The third-order valence-electron chi connectivity index (χ3n) is 3.79. The molecule has 0 amide bonds. The van der Waals surface area contributed by atoms with Gasteiger partial charge < -0.3 is 11.1 Å². The minimum absolute atomic E-state index is 0.205. The van der Waals surface area contributed by atoms with Crippen LogP contribution < -0.4 is 11.1 Å². The second-order valence-electron chi connectivity index (χ2n) is 5.56. The van der Waals surface area contributed by atoms with Gasteiger partial charge in [0.2, 0.25) is 10.0 Å². The van der Waals surface area contributed by atoms with Crippen LogP contribution in [0.4, 0.5) is 5.82 Å². The van der Waals surface area contributed by atoms with E-state index in [0.29, 0.717) is 17.8 Å². The molecule has 0 aromatic carbocycles. The number of nitrogens with zero attached hydrogens (tertiary/aromatic N) is 2. The number of rotatable bonds is 7. The molecule has 1 heterocycles. The molecule has 0 saturated heterocycles. The minimum atomic E-state index is -3.41. The topological polar surface area (TPSA) is 88.3 Å². The Bertz CT molecular complexity index is 550. The average Bonchev–Trinajstić information content (AvgIpc) is 3.17. The molecular weight excluding hydrogens is 276 g/mol. The van der Waals surface area contributed by atoms with Crippen molar-refractivity contribution < 1.29 is 8.42 Å². The Balaban J connectivity index is 1.99. The second-order valence-corrected chi connectivity index (χ2v) is 7.71. The van der Waals surface area contributed by atoms with Crippen LogP contribution in [0.3, 0.4) is 0 Å². The van der Waals surface area contributed by atoms with E-state index < -0.39 is 10.0 Å². The third kappa shape index (κ3) is 3.28. The van der Waals surface area contributed by atoms with Crippen molar-refractivity contribution in [1.82, 2.24) is 9.29 Å². The summed E-state index contributed by atoms with van der Waals surface area (Å²) in [5, 5.41) is 3.27. The molecule has 20 heavy (non-hydrogen) atoms. The number of aromatic nitrogens is 1. The average molecular weight is 298 g/mol. The summed E-state index contributed by atoms with van der Waals surface area (Å²) < 4.78 is 25.0. The molecule has 2 rings (SSSR count). The van der Waals surface area contributed by atoms with Gasteiger partial charge in [-0.15, -0.1) is 0 Å². The quantitative estimate of drug-likeness (QED) is 0.780. The number of nitrogens with two attached hydrogens (primary N) is 1. The van der Waals surface area contributed by atoms with Crippen LogP contribution in [0, 0.1) is 5.41 Å². The van der Waals surface area contributed by atoms with E-state index >= 15 is 0 Å². The highest BCUT2D eigenvalue weighted by Gasteiger charge is 2.41. The van der Waals surface area contributed by atoms with Gasteiger partial charge in [-0.2, -0.15) is 0 Å². The number of pyridine rings is 1. The van der Waals surface area contributed by atoms with Crippen LogP contribution in [-0.4, -0.2) is 44.9 Å². The fourth-order valence-corrected chi connectivity index (χ4v) is 2.97. The van der Waals surface area contributed by atoms with Crippen molar-refractivity contribution in [2.75, 3.05) is 32.5 Å². The molecule has 1 aliphatic carbocycles. The fourth-order valence-electron chi connectivity index (χ4n) is 2.12. The number of sulfonamides is 1. The molecule has 1 aromatic rings. The lowest BCUT2D eigenvalue weighted by atomic mass is 10.0. The molecule has 0 radical (unpaired) electrons. The van der Waals surface area contributed by atoms with E-state index in [9.17, 15) is 8.42 Å². The smallest absolute Gasteiger partial charge is 0.244 e. The van der Waals surface area contributed by atoms with E-state index in [2.05, 4.69) is 10.3 Å². The summed E-state index contributed by atoms with van der Waals surface area (Å²) in [6, 6.07) is 3.28. The summed E-state index contributed by atoms with van der Waals surface area (Å²) in [6.45, 7) is 1.55. The van der Waals surface area contributed by atoms with Crippen molar-refractivity contribution in [3.63, 3.8) is 0 Å². The van der Waals surface area contributed by atoms with Crippen molar-refractivity contribution in [3.05, 3.63) is 18.3 Å². The standard InChI is InChI=1S/C13H22N4O2S/c1-17(2)20(18,19)11-3-4-12(15-9-11)16-10-13(5-6-13)7-8-14/h3-4,9H,5-8,10,14H2,1-2H3,(H,15,16). The Hall–Kier alpha value is -1.18. The number of hydrogen-bond acceptors (Lipinski definition) is 5. The molecule has 0 atom stereocenters. The molecule has 1 fully saturated rings. The van der Waals surface area contributed by atoms with Gasteiger partial charge >= 0.3 is 0 Å². The van der Waals surface area contributed by atoms with Gasteiger partial charge in [-0.1, -0.05) is 0 Å².